The lowest BCUT2D eigenvalue weighted by Crippen LogP contribution is -2.04. The first-order valence-electron chi connectivity index (χ1n) is 4.08. The van der Waals surface area contributed by atoms with Gasteiger partial charge < -0.3 is 5.11 Å². The third-order valence-electron chi connectivity index (χ3n) is 2.00. The van der Waals surface area contributed by atoms with E-state index in [1.807, 2.05) is 0 Å². The van der Waals surface area contributed by atoms with E-state index in [4.69, 9.17) is 11.6 Å². The number of halogens is 1. The van der Waals surface area contributed by atoms with E-state index in [9.17, 15) is 5.11 Å². The second-order valence-corrected chi connectivity index (χ2v) is 4.33. The number of aliphatic hydroxyl groups excluding tert-OH is 1. The van der Waals surface area contributed by atoms with E-state index in [0.29, 0.717) is 5.02 Å². The van der Waals surface area contributed by atoms with Crippen LogP contribution in [0.3, 0.4) is 0 Å². The highest BCUT2D eigenvalue weighted by molar-refractivity contribution is 7.10. The van der Waals surface area contributed by atoms with Crippen LogP contribution in [-0.4, -0.2) is 14.9 Å². The smallest absolute Gasteiger partial charge is 0.130 e. The standard InChI is InChI=1S/C9H9ClN2OS/c1-12-7(2-3-11-12)9(13)8-4-6(10)5-14-8/h2-5,9,13H,1H3. The highest BCUT2D eigenvalue weighted by Gasteiger charge is 2.15. The summed E-state index contributed by atoms with van der Waals surface area (Å²) in [6, 6.07) is 3.56. The van der Waals surface area contributed by atoms with E-state index in [-0.39, 0.29) is 0 Å². The van der Waals surface area contributed by atoms with E-state index in [1.165, 1.54) is 11.3 Å². The third-order valence-corrected chi connectivity index (χ3v) is 3.33. The first kappa shape index (κ1) is 9.71. The first-order valence-corrected chi connectivity index (χ1v) is 5.34. The van der Waals surface area contributed by atoms with Gasteiger partial charge in [-0.15, -0.1) is 11.3 Å². The zero-order valence-electron chi connectivity index (χ0n) is 7.51. The molecule has 2 heterocycles. The molecule has 0 aliphatic heterocycles. The van der Waals surface area contributed by atoms with Gasteiger partial charge in [-0.3, -0.25) is 4.68 Å². The summed E-state index contributed by atoms with van der Waals surface area (Å²) in [5.74, 6) is 0. The number of hydrogen-bond donors (Lipinski definition) is 1. The van der Waals surface area contributed by atoms with Gasteiger partial charge in [0.25, 0.3) is 0 Å². The average Bonchev–Trinajstić information content (AvgIpc) is 2.73. The molecule has 0 saturated carbocycles. The molecule has 14 heavy (non-hydrogen) atoms. The molecule has 0 amide bonds. The Balaban J connectivity index is 2.33. The first-order chi connectivity index (χ1) is 6.68. The third kappa shape index (κ3) is 1.68. The Morgan fingerprint density at radius 3 is 2.93 bits per heavy atom. The molecule has 1 atom stereocenters. The Morgan fingerprint density at radius 2 is 2.43 bits per heavy atom. The topological polar surface area (TPSA) is 38.0 Å². The molecule has 2 aromatic rings. The van der Waals surface area contributed by atoms with Crippen LogP contribution in [0.25, 0.3) is 0 Å². The molecule has 3 nitrogen and oxygen atoms in total. The molecule has 0 bridgehead atoms. The molecule has 1 N–H and O–H groups in total. The fourth-order valence-corrected chi connectivity index (χ4v) is 2.35. The summed E-state index contributed by atoms with van der Waals surface area (Å²) in [4.78, 5) is 0.832. The summed E-state index contributed by atoms with van der Waals surface area (Å²) < 4.78 is 1.65. The van der Waals surface area contributed by atoms with Crippen LogP contribution in [0.2, 0.25) is 5.02 Å². The van der Waals surface area contributed by atoms with Gasteiger partial charge in [0.1, 0.15) is 6.10 Å². The van der Waals surface area contributed by atoms with Crippen LogP contribution in [0.1, 0.15) is 16.7 Å². The summed E-state index contributed by atoms with van der Waals surface area (Å²) in [5.41, 5.74) is 0.767. The van der Waals surface area contributed by atoms with Crippen molar-refractivity contribution < 1.29 is 5.11 Å². The SMILES string of the molecule is Cn1nccc1C(O)c1cc(Cl)cs1. The summed E-state index contributed by atoms with van der Waals surface area (Å²) in [6.45, 7) is 0. The van der Waals surface area contributed by atoms with Gasteiger partial charge in [-0.25, -0.2) is 0 Å². The second-order valence-electron chi connectivity index (χ2n) is 2.95. The number of hydrogen-bond acceptors (Lipinski definition) is 3. The Morgan fingerprint density at radius 1 is 1.64 bits per heavy atom. The van der Waals surface area contributed by atoms with Crippen molar-refractivity contribution in [3.05, 3.63) is 39.3 Å². The predicted molar refractivity (Wildman–Crippen MR) is 56.6 cm³/mol. The van der Waals surface area contributed by atoms with Crippen LogP contribution in [-0.2, 0) is 7.05 Å². The molecule has 0 radical (unpaired) electrons. The average molecular weight is 229 g/mol. The minimum Gasteiger partial charge on any atom is -0.381 e. The van der Waals surface area contributed by atoms with Gasteiger partial charge in [0.2, 0.25) is 0 Å². The largest absolute Gasteiger partial charge is 0.381 e. The maximum Gasteiger partial charge on any atom is 0.130 e. The molecule has 1 unspecified atom stereocenters. The summed E-state index contributed by atoms with van der Waals surface area (Å²) in [5, 5.41) is 16.4. The van der Waals surface area contributed by atoms with E-state index in [2.05, 4.69) is 5.10 Å². The molecular weight excluding hydrogens is 220 g/mol. The molecule has 2 aromatic heterocycles. The van der Waals surface area contributed by atoms with Gasteiger partial charge in [-0.1, -0.05) is 11.6 Å². The van der Waals surface area contributed by atoms with Crippen LogP contribution in [0.5, 0.6) is 0 Å². The van der Waals surface area contributed by atoms with E-state index < -0.39 is 6.10 Å². The molecular formula is C9H9ClN2OS. The monoisotopic (exact) mass is 228 g/mol. The van der Waals surface area contributed by atoms with E-state index in [0.717, 1.165) is 10.6 Å². The van der Waals surface area contributed by atoms with Crippen molar-refractivity contribution in [2.45, 2.75) is 6.10 Å². The van der Waals surface area contributed by atoms with Crippen LogP contribution in [0, 0.1) is 0 Å². The number of rotatable bonds is 2. The fourth-order valence-electron chi connectivity index (χ4n) is 1.27. The number of aliphatic hydroxyl groups is 1. The number of thiophene rings is 1. The summed E-state index contributed by atoms with van der Waals surface area (Å²) in [7, 11) is 1.80. The molecule has 5 heteroatoms. The highest BCUT2D eigenvalue weighted by atomic mass is 35.5. The van der Waals surface area contributed by atoms with Gasteiger partial charge >= 0.3 is 0 Å². The van der Waals surface area contributed by atoms with E-state index in [1.54, 1.807) is 35.4 Å². The number of aryl methyl sites for hydroxylation is 1. The Hall–Kier alpha value is -0.840. The van der Waals surface area contributed by atoms with E-state index >= 15 is 0 Å². The predicted octanol–water partition coefficient (Wildman–Crippen LogP) is 2.22. The quantitative estimate of drug-likeness (QED) is 0.856. The van der Waals surface area contributed by atoms with Crippen molar-refractivity contribution >= 4 is 22.9 Å². The molecule has 74 valence electrons. The Labute approximate surface area is 90.6 Å². The minimum absolute atomic E-state index is 0.639. The Kier molecular flexibility index (Phi) is 2.58. The van der Waals surface area contributed by atoms with Gasteiger partial charge in [-0.05, 0) is 12.1 Å². The number of nitrogens with zero attached hydrogens (tertiary/aromatic N) is 2. The van der Waals surface area contributed by atoms with Gasteiger partial charge in [0, 0.05) is 23.5 Å². The summed E-state index contributed by atoms with van der Waals surface area (Å²) >= 11 is 7.22. The van der Waals surface area contributed by atoms with Crippen molar-refractivity contribution in [2.75, 3.05) is 0 Å². The second kappa shape index (κ2) is 3.73. The highest BCUT2D eigenvalue weighted by Crippen LogP contribution is 2.29. The maximum atomic E-state index is 9.97. The maximum absolute atomic E-state index is 9.97. The van der Waals surface area contributed by atoms with Crippen LogP contribution in [0.4, 0.5) is 0 Å². The Bertz CT molecular complexity index is 437. The zero-order chi connectivity index (χ0) is 10.1. The van der Waals surface area contributed by atoms with Crippen molar-refractivity contribution in [1.29, 1.82) is 0 Å². The molecule has 2 rings (SSSR count). The van der Waals surface area contributed by atoms with Crippen molar-refractivity contribution in [1.82, 2.24) is 9.78 Å². The van der Waals surface area contributed by atoms with Crippen LogP contribution < -0.4 is 0 Å². The van der Waals surface area contributed by atoms with Crippen LogP contribution in [0.15, 0.2) is 23.7 Å². The molecule has 0 aliphatic rings. The fraction of sp³-hybridized carbons (Fsp3) is 0.222. The molecule has 0 aliphatic carbocycles. The lowest BCUT2D eigenvalue weighted by atomic mass is 10.2. The van der Waals surface area contributed by atoms with Crippen molar-refractivity contribution in [3.8, 4) is 0 Å². The number of aromatic nitrogens is 2. The van der Waals surface area contributed by atoms with Crippen molar-refractivity contribution in [3.63, 3.8) is 0 Å². The minimum atomic E-state index is -0.639. The summed E-state index contributed by atoms with van der Waals surface area (Å²) in [6.07, 6.45) is 1.02. The van der Waals surface area contributed by atoms with Gasteiger partial charge in [-0.2, -0.15) is 5.10 Å². The van der Waals surface area contributed by atoms with Crippen LogP contribution >= 0.6 is 22.9 Å². The van der Waals surface area contributed by atoms with Gasteiger partial charge in [0.15, 0.2) is 0 Å². The van der Waals surface area contributed by atoms with Crippen molar-refractivity contribution in [2.24, 2.45) is 7.05 Å². The van der Waals surface area contributed by atoms with Gasteiger partial charge in [0.05, 0.1) is 10.7 Å². The molecule has 0 fully saturated rings. The molecule has 0 aromatic carbocycles. The lowest BCUT2D eigenvalue weighted by molar-refractivity contribution is 0.213. The normalized spacial score (nSPS) is 13.1. The molecule has 0 saturated heterocycles. The lowest BCUT2D eigenvalue weighted by Gasteiger charge is -2.07. The molecule has 0 spiro atoms. The zero-order valence-corrected chi connectivity index (χ0v) is 9.09.